The zero-order valence-corrected chi connectivity index (χ0v) is 20.2. The second-order valence-corrected chi connectivity index (χ2v) is 9.46. The molecule has 3 heterocycles. The van der Waals surface area contributed by atoms with Crippen molar-refractivity contribution < 1.29 is 13.9 Å². The van der Waals surface area contributed by atoms with Crippen LogP contribution < -0.4 is 16.0 Å². The van der Waals surface area contributed by atoms with Gasteiger partial charge in [0.25, 0.3) is 5.91 Å². The van der Waals surface area contributed by atoms with Crippen LogP contribution in [-0.4, -0.2) is 60.6 Å². The lowest BCUT2D eigenvalue weighted by Crippen LogP contribution is -2.46. The summed E-state index contributed by atoms with van der Waals surface area (Å²) in [6.07, 6.45) is 4.21. The van der Waals surface area contributed by atoms with E-state index in [4.69, 9.17) is 4.74 Å². The van der Waals surface area contributed by atoms with E-state index in [1.165, 1.54) is 6.07 Å². The first-order valence-electron chi connectivity index (χ1n) is 12.6. The molecule has 5 rings (SSSR count). The molecule has 2 aliphatic rings. The standard InChI is InChI=1S/C27H31FN6O2/c28-24-13-18(19-3-5-21-16-32-34(25(21)14-19)23-6-9-30-10-7-23)2-4-20(24)12-22(15-29)33-27(35)26-17-31-8-1-11-36-26/h2-5,13-14,16,22-23,26,30-31H,1,6-12,17H2,(H,33,35)/t22-,26+/m1/s1. The van der Waals surface area contributed by atoms with Crippen molar-refractivity contribution in [2.45, 2.75) is 43.9 Å². The molecule has 2 saturated heterocycles. The maximum atomic E-state index is 15.1. The second-order valence-electron chi connectivity index (χ2n) is 9.46. The molecule has 3 N–H and O–H groups in total. The third kappa shape index (κ3) is 5.41. The van der Waals surface area contributed by atoms with E-state index >= 15 is 4.39 Å². The average Bonchev–Trinajstić information content (AvgIpc) is 3.13. The molecule has 1 amide bonds. The van der Waals surface area contributed by atoms with Gasteiger partial charge in [-0.05, 0) is 67.7 Å². The number of nitrogens with one attached hydrogen (secondary N) is 3. The van der Waals surface area contributed by atoms with Gasteiger partial charge in [0, 0.05) is 25.0 Å². The van der Waals surface area contributed by atoms with Crippen molar-refractivity contribution in [3.8, 4) is 17.2 Å². The van der Waals surface area contributed by atoms with E-state index in [9.17, 15) is 10.1 Å². The summed E-state index contributed by atoms with van der Waals surface area (Å²) < 4.78 is 22.8. The van der Waals surface area contributed by atoms with Crippen LogP contribution in [0.2, 0.25) is 0 Å². The number of halogens is 1. The quantitative estimate of drug-likeness (QED) is 0.491. The number of nitrogens with zero attached hydrogens (tertiary/aromatic N) is 3. The summed E-state index contributed by atoms with van der Waals surface area (Å²) in [5.41, 5.74) is 3.09. The first kappa shape index (κ1) is 24.4. The SMILES string of the molecule is N#C[C@@H](Cc1ccc(-c2ccc3cnn(C4CCNCC4)c3c2)cc1F)NC(=O)[C@@H]1CNCCCO1. The monoisotopic (exact) mass is 490 g/mol. The summed E-state index contributed by atoms with van der Waals surface area (Å²) in [7, 11) is 0. The number of carbonyl (C=O) groups excluding carboxylic acids is 1. The number of nitriles is 1. The molecule has 0 unspecified atom stereocenters. The van der Waals surface area contributed by atoms with Gasteiger partial charge in [0.2, 0.25) is 0 Å². The van der Waals surface area contributed by atoms with Crippen molar-refractivity contribution >= 4 is 16.8 Å². The van der Waals surface area contributed by atoms with E-state index in [-0.39, 0.29) is 12.3 Å². The number of piperidine rings is 1. The highest BCUT2D eigenvalue weighted by Crippen LogP contribution is 2.29. The molecule has 9 heteroatoms. The fourth-order valence-electron chi connectivity index (χ4n) is 4.95. The van der Waals surface area contributed by atoms with E-state index in [1.807, 2.05) is 24.4 Å². The molecule has 0 saturated carbocycles. The van der Waals surface area contributed by atoms with Gasteiger partial charge in [0.05, 0.1) is 23.8 Å². The zero-order valence-electron chi connectivity index (χ0n) is 20.2. The minimum absolute atomic E-state index is 0.0794. The highest BCUT2D eigenvalue weighted by molar-refractivity contribution is 5.84. The number of amides is 1. The number of aromatic nitrogens is 2. The molecule has 0 aliphatic carbocycles. The number of rotatable bonds is 6. The second kappa shape index (κ2) is 11.2. The molecule has 0 radical (unpaired) electrons. The third-order valence-corrected chi connectivity index (χ3v) is 6.97. The summed E-state index contributed by atoms with van der Waals surface area (Å²) in [5.74, 6) is -0.756. The maximum Gasteiger partial charge on any atom is 0.251 e. The van der Waals surface area contributed by atoms with Gasteiger partial charge in [-0.2, -0.15) is 10.4 Å². The Morgan fingerprint density at radius 1 is 1.19 bits per heavy atom. The maximum absolute atomic E-state index is 15.1. The number of benzene rings is 2. The van der Waals surface area contributed by atoms with Gasteiger partial charge in [-0.25, -0.2) is 4.39 Å². The van der Waals surface area contributed by atoms with Gasteiger partial charge >= 0.3 is 0 Å². The molecule has 0 bridgehead atoms. The Hall–Kier alpha value is -3.32. The molecular formula is C27H31FN6O2. The Morgan fingerprint density at radius 3 is 2.81 bits per heavy atom. The van der Waals surface area contributed by atoms with Crippen molar-refractivity contribution in [1.82, 2.24) is 25.7 Å². The smallest absolute Gasteiger partial charge is 0.251 e. The van der Waals surface area contributed by atoms with Crippen LogP contribution in [0.5, 0.6) is 0 Å². The lowest BCUT2D eigenvalue weighted by atomic mass is 9.99. The van der Waals surface area contributed by atoms with Gasteiger partial charge in [-0.15, -0.1) is 0 Å². The predicted molar refractivity (Wildman–Crippen MR) is 135 cm³/mol. The summed E-state index contributed by atoms with van der Waals surface area (Å²) in [6.45, 7) is 3.63. The summed E-state index contributed by atoms with van der Waals surface area (Å²) in [4.78, 5) is 12.5. The Labute approximate surface area is 209 Å². The molecule has 2 atom stereocenters. The minimum Gasteiger partial charge on any atom is -0.367 e. The topological polar surface area (TPSA) is 104 Å². The van der Waals surface area contributed by atoms with Crippen molar-refractivity contribution in [2.24, 2.45) is 0 Å². The zero-order chi connectivity index (χ0) is 24.9. The Morgan fingerprint density at radius 2 is 2.00 bits per heavy atom. The van der Waals surface area contributed by atoms with Crippen LogP contribution in [0.25, 0.3) is 22.0 Å². The Kier molecular flexibility index (Phi) is 7.56. The fraction of sp³-hybridized carbons (Fsp3) is 0.444. The lowest BCUT2D eigenvalue weighted by molar-refractivity contribution is -0.132. The van der Waals surface area contributed by atoms with E-state index in [1.54, 1.807) is 6.07 Å². The summed E-state index contributed by atoms with van der Waals surface area (Å²) >= 11 is 0. The number of hydrogen-bond acceptors (Lipinski definition) is 6. The first-order chi connectivity index (χ1) is 17.6. The van der Waals surface area contributed by atoms with Crippen LogP contribution in [0.4, 0.5) is 4.39 Å². The molecule has 2 aliphatic heterocycles. The van der Waals surface area contributed by atoms with Gasteiger partial charge in [-0.3, -0.25) is 9.48 Å². The van der Waals surface area contributed by atoms with Crippen LogP contribution in [-0.2, 0) is 16.0 Å². The van der Waals surface area contributed by atoms with E-state index in [0.717, 1.165) is 60.9 Å². The third-order valence-electron chi connectivity index (χ3n) is 6.97. The predicted octanol–water partition coefficient (Wildman–Crippen LogP) is 2.70. The molecule has 36 heavy (non-hydrogen) atoms. The number of carbonyl (C=O) groups is 1. The van der Waals surface area contributed by atoms with Crippen molar-refractivity contribution in [3.63, 3.8) is 0 Å². The Bertz CT molecular complexity index is 1250. The molecule has 3 aromatic rings. The molecular weight excluding hydrogens is 459 g/mol. The van der Waals surface area contributed by atoms with Crippen molar-refractivity contribution in [2.75, 3.05) is 32.8 Å². The summed E-state index contributed by atoms with van der Waals surface area (Å²) in [5, 5.41) is 24.5. The normalized spacial score (nSPS) is 19.9. The highest BCUT2D eigenvalue weighted by atomic mass is 19.1. The van der Waals surface area contributed by atoms with Crippen molar-refractivity contribution in [1.29, 1.82) is 5.26 Å². The highest BCUT2D eigenvalue weighted by Gasteiger charge is 2.24. The van der Waals surface area contributed by atoms with Crippen LogP contribution in [0, 0.1) is 17.1 Å². The van der Waals surface area contributed by atoms with Gasteiger partial charge < -0.3 is 20.7 Å². The number of fused-ring (bicyclic) bond motifs is 1. The van der Waals surface area contributed by atoms with Crippen LogP contribution in [0.15, 0.2) is 42.6 Å². The van der Waals surface area contributed by atoms with Crippen LogP contribution >= 0.6 is 0 Å². The average molecular weight is 491 g/mol. The molecule has 2 fully saturated rings. The van der Waals surface area contributed by atoms with Crippen LogP contribution in [0.3, 0.4) is 0 Å². The van der Waals surface area contributed by atoms with Crippen molar-refractivity contribution in [3.05, 3.63) is 54.0 Å². The number of ether oxygens (including phenoxy) is 1. The molecule has 188 valence electrons. The largest absolute Gasteiger partial charge is 0.367 e. The lowest BCUT2D eigenvalue weighted by Gasteiger charge is -2.23. The Balaban J connectivity index is 1.30. The molecule has 8 nitrogen and oxygen atoms in total. The van der Waals surface area contributed by atoms with Crippen LogP contribution in [0.1, 0.15) is 30.9 Å². The van der Waals surface area contributed by atoms with Gasteiger partial charge in [0.15, 0.2) is 0 Å². The minimum atomic E-state index is -0.847. The molecule has 2 aromatic carbocycles. The summed E-state index contributed by atoms with van der Waals surface area (Å²) in [6, 6.07) is 12.7. The number of hydrogen-bond donors (Lipinski definition) is 3. The van der Waals surface area contributed by atoms with E-state index in [2.05, 4.69) is 37.9 Å². The van der Waals surface area contributed by atoms with E-state index < -0.39 is 18.0 Å². The van der Waals surface area contributed by atoms with Gasteiger partial charge in [0.1, 0.15) is 18.0 Å². The molecule has 0 spiro atoms. The molecule has 1 aromatic heterocycles. The van der Waals surface area contributed by atoms with Gasteiger partial charge in [-0.1, -0.05) is 24.3 Å². The fourth-order valence-corrected chi connectivity index (χ4v) is 4.95. The first-order valence-corrected chi connectivity index (χ1v) is 12.6. The van der Waals surface area contributed by atoms with E-state index in [0.29, 0.717) is 24.8 Å².